The molecule has 2 fully saturated rings. The molecular formula is C22H29F2NO4. The summed E-state index contributed by atoms with van der Waals surface area (Å²) >= 11 is 0. The summed E-state index contributed by atoms with van der Waals surface area (Å²) < 4.78 is 38.0. The van der Waals surface area contributed by atoms with Crippen LogP contribution >= 0.6 is 0 Å². The number of ether oxygens (including phenoxy) is 2. The van der Waals surface area contributed by atoms with Crippen LogP contribution in [0.4, 0.5) is 13.6 Å². The molecule has 1 saturated carbocycles. The van der Waals surface area contributed by atoms with Crippen LogP contribution in [0.25, 0.3) is 0 Å². The predicted octanol–water partition coefficient (Wildman–Crippen LogP) is 5.14. The first-order valence-electron chi connectivity index (χ1n) is 10.1. The molecule has 1 aromatic rings. The molecule has 5 nitrogen and oxygen atoms in total. The summed E-state index contributed by atoms with van der Waals surface area (Å²) in [6.45, 7) is 5.73. The first-order chi connectivity index (χ1) is 13.6. The number of cyclic esters (lactones) is 1. The van der Waals surface area contributed by atoms with Crippen molar-refractivity contribution in [3.8, 4) is 0 Å². The van der Waals surface area contributed by atoms with Gasteiger partial charge in [-0.15, -0.1) is 0 Å². The van der Waals surface area contributed by atoms with E-state index in [0.29, 0.717) is 19.3 Å². The summed E-state index contributed by atoms with van der Waals surface area (Å²) in [5.74, 6) is -3.16. The molecule has 0 N–H and O–H groups in total. The maximum atomic E-state index is 13.5. The smallest absolute Gasteiger partial charge is 0.413 e. The van der Waals surface area contributed by atoms with E-state index in [4.69, 9.17) is 9.47 Å². The molecule has 1 aliphatic heterocycles. The van der Waals surface area contributed by atoms with Gasteiger partial charge in [-0.2, -0.15) is 0 Å². The number of benzene rings is 1. The Balaban J connectivity index is 1.72. The number of halogens is 2. The van der Waals surface area contributed by atoms with Crippen molar-refractivity contribution in [2.75, 3.05) is 0 Å². The molecule has 0 unspecified atom stereocenters. The number of rotatable bonds is 4. The van der Waals surface area contributed by atoms with Crippen LogP contribution in [0.2, 0.25) is 0 Å². The zero-order valence-corrected chi connectivity index (χ0v) is 17.2. The number of carbonyl (C=O) groups excluding carboxylic acids is 2. The molecule has 29 heavy (non-hydrogen) atoms. The Kier molecular flexibility index (Phi) is 6.15. The highest BCUT2D eigenvalue weighted by atomic mass is 19.3. The van der Waals surface area contributed by atoms with Crippen molar-refractivity contribution >= 4 is 12.1 Å². The zero-order valence-electron chi connectivity index (χ0n) is 17.2. The number of carbonyl (C=O) groups is 2. The summed E-state index contributed by atoms with van der Waals surface area (Å²) in [6, 6.07) is 8.47. The molecule has 3 rings (SSSR count). The Labute approximate surface area is 170 Å². The third-order valence-electron chi connectivity index (χ3n) is 5.64. The van der Waals surface area contributed by atoms with Gasteiger partial charge in [0.1, 0.15) is 12.6 Å². The maximum Gasteiger partial charge on any atom is 0.413 e. The monoisotopic (exact) mass is 409 g/mol. The van der Waals surface area contributed by atoms with Crippen LogP contribution in [-0.2, 0) is 20.9 Å². The minimum absolute atomic E-state index is 0.0460. The summed E-state index contributed by atoms with van der Waals surface area (Å²) in [6.07, 6.45) is -0.740. The zero-order chi connectivity index (χ0) is 21.2. The molecule has 0 radical (unpaired) electrons. The van der Waals surface area contributed by atoms with Crippen LogP contribution in [0.1, 0.15) is 58.4 Å². The average Bonchev–Trinajstić information content (AvgIpc) is 2.99. The van der Waals surface area contributed by atoms with Crippen molar-refractivity contribution in [3.05, 3.63) is 35.9 Å². The lowest BCUT2D eigenvalue weighted by atomic mass is 9.82. The van der Waals surface area contributed by atoms with Crippen molar-refractivity contribution in [1.29, 1.82) is 0 Å². The van der Waals surface area contributed by atoms with E-state index in [-0.39, 0.29) is 25.4 Å². The molecular weight excluding hydrogens is 380 g/mol. The second-order valence-electron chi connectivity index (χ2n) is 9.15. The highest BCUT2D eigenvalue weighted by Gasteiger charge is 2.51. The Morgan fingerprint density at radius 3 is 2.41 bits per heavy atom. The molecule has 1 aliphatic carbocycles. The number of amides is 1. The standard InChI is InChI=1S/C22H29F2NO4/c1-21(2,3)19-25(20(27)28-14-16-7-5-4-6-8-16)17(18(26)29-19)13-15-9-11-22(23,24)12-10-15/h4-8,15,17,19H,9-14H2,1-3H3/t17-,19+/m0/s1. The van der Waals surface area contributed by atoms with Gasteiger partial charge >= 0.3 is 12.1 Å². The van der Waals surface area contributed by atoms with Crippen LogP contribution < -0.4 is 0 Å². The first-order valence-corrected chi connectivity index (χ1v) is 10.1. The molecule has 2 atom stereocenters. The lowest BCUT2D eigenvalue weighted by molar-refractivity contribution is -0.147. The summed E-state index contributed by atoms with van der Waals surface area (Å²) in [4.78, 5) is 26.9. The van der Waals surface area contributed by atoms with Crippen molar-refractivity contribution in [1.82, 2.24) is 4.90 Å². The highest BCUT2D eigenvalue weighted by Crippen LogP contribution is 2.41. The van der Waals surface area contributed by atoms with E-state index in [1.807, 2.05) is 51.1 Å². The van der Waals surface area contributed by atoms with Crippen molar-refractivity contribution in [2.45, 2.75) is 77.7 Å². The van der Waals surface area contributed by atoms with E-state index in [1.165, 1.54) is 4.90 Å². The van der Waals surface area contributed by atoms with E-state index in [9.17, 15) is 18.4 Å². The number of alkyl halides is 2. The van der Waals surface area contributed by atoms with Crippen molar-refractivity contribution in [3.63, 3.8) is 0 Å². The molecule has 1 saturated heterocycles. The van der Waals surface area contributed by atoms with Gasteiger partial charge in [0.05, 0.1) is 0 Å². The van der Waals surface area contributed by atoms with Gasteiger partial charge in [0, 0.05) is 18.3 Å². The van der Waals surface area contributed by atoms with Gasteiger partial charge in [0.2, 0.25) is 5.92 Å². The third kappa shape index (κ3) is 5.25. The topological polar surface area (TPSA) is 55.8 Å². The maximum absolute atomic E-state index is 13.5. The minimum atomic E-state index is -2.63. The molecule has 1 amide bonds. The van der Waals surface area contributed by atoms with E-state index in [2.05, 4.69) is 0 Å². The summed E-state index contributed by atoms with van der Waals surface area (Å²) in [7, 11) is 0. The van der Waals surface area contributed by atoms with Crippen LogP contribution in [0, 0.1) is 11.3 Å². The van der Waals surface area contributed by atoms with Crippen LogP contribution in [0.3, 0.4) is 0 Å². The summed E-state index contributed by atoms with van der Waals surface area (Å²) in [5.41, 5.74) is 0.334. The van der Waals surface area contributed by atoms with Crippen molar-refractivity contribution in [2.24, 2.45) is 11.3 Å². The number of esters is 1. The fourth-order valence-electron chi connectivity index (χ4n) is 3.99. The van der Waals surface area contributed by atoms with Crippen LogP contribution in [0.15, 0.2) is 30.3 Å². The Bertz CT molecular complexity index is 722. The Morgan fingerprint density at radius 2 is 1.83 bits per heavy atom. The molecule has 7 heteroatoms. The largest absolute Gasteiger partial charge is 0.444 e. The van der Waals surface area contributed by atoms with Gasteiger partial charge in [0.15, 0.2) is 6.23 Å². The predicted molar refractivity (Wildman–Crippen MR) is 103 cm³/mol. The molecule has 1 heterocycles. The fourth-order valence-corrected chi connectivity index (χ4v) is 3.99. The van der Waals surface area contributed by atoms with Gasteiger partial charge in [-0.05, 0) is 30.7 Å². The molecule has 1 aromatic carbocycles. The molecule has 0 spiro atoms. The fraction of sp³-hybridized carbons (Fsp3) is 0.636. The van der Waals surface area contributed by atoms with E-state index >= 15 is 0 Å². The van der Waals surface area contributed by atoms with Gasteiger partial charge in [-0.1, -0.05) is 51.1 Å². The summed E-state index contributed by atoms with van der Waals surface area (Å²) in [5, 5.41) is 0. The molecule has 0 aromatic heterocycles. The minimum Gasteiger partial charge on any atom is -0.444 e. The molecule has 160 valence electrons. The van der Waals surface area contributed by atoms with E-state index < -0.39 is 35.7 Å². The van der Waals surface area contributed by atoms with E-state index in [1.54, 1.807) is 0 Å². The highest BCUT2D eigenvalue weighted by molar-refractivity contribution is 5.84. The quantitative estimate of drug-likeness (QED) is 0.646. The number of hydrogen-bond acceptors (Lipinski definition) is 4. The van der Waals surface area contributed by atoms with Gasteiger partial charge in [0.25, 0.3) is 0 Å². The Hall–Kier alpha value is -2.18. The van der Waals surface area contributed by atoms with Crippen LogP contribution in [0.5, 0.6) is 0 Å². The number of nitrogens with zero attached hydrogens (tertiary/aromatic N) is 1. The number of hydrogen-bond donors (Lipinski definition) is 0. The van der Waals surface area contributed by atoms with Crippen LogP contribution in [-0.4, -0.2) is 35.2 Å². The first kappa shape index (κ1) is 21.5. The third-order valence-corrected chi connectivity index (χ3v) is 5.64. The van der Waals surface area contributed by atoms with E-state index in [0.717, 1.165) is 5.56 Å². The SMILES string of the molecule is CC(C)(C)[C@H]1OC(=O)[C@H](CC2CCC(F)(F)CC2)N1C(=O)OCc1ccccc1. The lowest BCUT2D eigenvalue weighted by Crippen LogP contribution is -2.48. The van der Waals surface area contributed by atoms with Gasteiger partial charge in [-0.25, -0.2) is 18.4 Å². The van der Waals surface area contributed by atoms with Gasteiger partial charge < -0.3 is 9.47 Å². The lowest BCUT2D eigenvalue weighted by Gasteiger charge is -2.35. The molecule has 0 bridgehead atoms. The molecule has 2 aliphatic rings. The Morgan fingerprint density at radius 1 is 1.21 bits per heavy atom. The second-order valence-corrected chi connectivity index (χ2v) is 9.15. The van der Waals surface area contributed by atoms with Crippen molar-refractivity contribution < 1.29 is 27.8 Å². The average molecular weight is 409 g/mol. The normalized spacial score (nSPS) is 25.0. The van der Waals surface area contributed by atoms with Gasteiger partial charge in [-0.3, -0.25) is 4.90 Å². The second kappa shape index (κ2) is 8.28.